The molecule has 1 aliphatic rings. The Kier molecular flexibility index (Phi) is 5.62. The van der Waals surface area contributed by atoms with E-state index < -0.39 is 0 Å². The van der Waals surface area contributed by atoms with Gasteiger partial charge in [-0.15, -0.1) is 0 Å². The number of nitriles is 1. The van der Waals surface area contributed by atoms with E-state index in [0.717, 1.165) is 45.6 Å². The lowest BCUT2D eigenvalue weighted by molar-refractivity contribution is 0.116. The maximum atomic E-state index is 8.79. The van der Waals surface area contributed by atoms with Gasteiger partial charge in [0.15, 0.2) is 0 Å². The number of aliphatic hydroxyl groups excluding tert-OH is 1. The van der Waals surface area contributed by atoms with Crippen LogP contribution in [0.4, 0.5) is 0 Å². The first-order chi connectivity index (χ1) is 7.27. The van der Waals surface area contributed by atoms with Gasteiger partial charge in [0.05, 0.1) is 12.1 Å². The van der Waals surface area contributed by atoms with E-state index >= 15 is 0 Å². The SMILES string of the molecule is CC(C#N)N1CCN(CCCCO)CC1. The highest BCUT2D eigenvalue weighted by Crippen LogP contribution is 2.06. The number of rotatable bonds is 5. The van der Waals surface area contributed by atoms with Gasteiger partial charge in [-0.2, -0.15) is 5.26 Å². The minimum Gasteiger partial charge on any atom is -0.396 e. The summed E-state index contributed by atoms with van der Waals surface area (Å²) in [6.07, 6.45) is 1.97. The van der Waals surface area contributed by atoms with E-state index in [4.69, 9.17) is 10.4 Å². The van der Waals surface area contributed by atoms with Crippen molar-refractivity contribution in [1.82, 2.24) is 9.80 Å². The summed E-state index contributed by atoms with van der Waals surface area (Å²) < 4.78 is 0. The monoisotopic (exact) mass is 211 g/mol. The van der Waals surface area contributed by atoms with Crippen LogP contribution in [0.5, 0.6) is 0 Å². The summed E-state index contributed by atoms with van der Waals surface area (Å²) in [7, 11) is 0. The quantitative estimate of drug-likeness (QED) is 0.664. The molecule has 0 aromatic heterocycles. The van der Waals surface area contributed by atoms with Crippen molar-refractivity contribution >= 4 is 0 Å². The van der Waals surface area contributed by atoms with E-state index in [9.17, 15) is 0 Å². The molecule has 1 fully saturated rings. The number of unbranched alkanes of at least 4 members (excludes halogenated alkanes) is 1. The molecule has 1 atom stereocenters. The minimum atomic E-state index is 0.0459. The molecule has 15 heavy (non-hydrogen) atoms. The normalized spacial score (nSPS) is 21.1. The number of hydrogen-bond donors (Lipinski definition) is 1. The van der Waals surface area contributed by atoms with Gasteiger partial charge < -0.3 is 10.0 Å². The lowest BCUT2D eigenvalue weighted by atomic mass is 10.2. The molecule has 0 bridgehead atoms. The summed E-state index contributed by atoms with van der Waals surface area (Å²) in [6, 6.07) is 2.32. The molecule has 4 heteroatoms. The van der Waals surface area contributed by atoms with Crippen LogP contribution in [-0.2, 0) is 0 Å². The molecule has 1 unspecified atom stereocenters. The zero-order valence-electron chi connectivity index (χ0n) is 9.52. The van der Waals surface area contributed by atoms with Gasteiger partial charge in [-0.1, -0.05) is 0 Å². The average molecular weight is 211 g/mol. The Balaban J connectivity index is 2.16. The van der Waals surface area contributed by atoms with Crippen LogP contribution in [0.25, 0.3) is 0 Å². The first kappa shape index (κ1) is 12.4. The highest BCUT2D eigenvalue weighted by atomic mass is 16.2. The standard InChI is InChI=1S/C11H21N3O/c1-11(10-12)14-7-5-13(6-8-14)4-2-3-9-15/h11,15H,2-9H2,1H3. The van der Waals surface area contributed by atoms with Crippen LogP contribution >= 0.6 is 0 Å². The van der Waals surface area contributed by atoms with E-state index in [2.05, 4.69) is 15.9 Å². The second-order valence-electron chi connectivity index (χ2n) is 4.11. The second-order valence-corrected chi connectivity index (χ2v) is 4.11. The Labute approximate surface area is 92.1 Å². The summed E-state index contributed by atoms with van der Waals surface area (Å²) in [5.74, 6) is 0. The molecule has 0 aliphatic carbocycles. The predicted molar refractivity (Wildman–Crippen MR) is 59.4 cm³/mol. The average Bonchev–Trinajstić information content (AvgIpc) is 2.29. The van der Waals surface area contributed by atoms with Gasteiger partial charge in [0.2, 0.25) is 0 Å². The molecule has 0 spiro atoms. The Morgan fingerprint density at radius 3 is 2.47 bits per heavy atom. The van der Waals surface area contributed by atoms with E-state index in [1.54, 1.807) is 0 Å². The van der Waals surface area contributed by atoms with Gasteiger partial charge in [0.25, 0.3) is 0 Å². The van der Waals surface area contributed by atoms with Crippen LogP contribution in [0.1, 0.15) is 19.8 Å². The van der Waals surface area contributed by atoms with E-state index in [1.165, 1.54) is 0 Å². The zero-order valence-corrected chi connectivity index (χ0v) is 9.52. The van der Waals surface area contributed by atoms with Gasteiger partial charge in [-0.25, -0.2) is 0 Å². The lowest BCUT2D eigenvalue weighted by Gasteiger charge is -2.35. The minimum absolute atomic E-state index is 0.0459. The van der Waals surface area contributed by atoms with Gasteiger partial charge in [0.1, 0.15) is 0 Å². The van der Waals surface area contributed by atoms with Crippen LogP contribution in [0.3, 0.4) is 0 Å². The van der Waals surface area contributed by atoms with Crippen molar-refractivity contribution in [3.63, 3.8) is 0 Å². The molecule has 0 aromatic rings. The van der Waals surface area contributed by atoms with Crippen LogP contribution in [0.2, 0.25) is 0 Å². The van der Waals surface area contributed by atoms with E-state index in [-0.39, 0.29) is 6.04 Å². The topological polar surface area (TPSA) is 50.5 Å². The fourth-order valence-electron chi connectivity index (χ4n) is 1.90. The maximum absolute atomic E-state index is 8.79. The van der Waals surface area contributed by atoms with E-state index in [1.807, 2.05) is 6.92 Å². The fraction of sp³-hybridized carbons (Fsp3) is 0.909. The number of aliphatic hydroxyl groups is 1. The molecule has 1 rings (SSSR count). The van der Waals surface area contributed by atoms with Crippen molar-refractivity contribution in [3.05, 3.63) is 0 Å². The molecule has 0 radical (unpaired) electrons. The molecule has 1 N–H and O–H groups in total. The predicted octanol–water partition coefficient (Wildman–Crippen LogP) is 0.289. The van der Waals surface area contributed by atoms with Crippen molar-refractivity contribution in [2.75, 3.05) is 39.3 Å². The van der Waals surface area contributed by atoms with Gasteiger partial charge >= 0.3 is 0 Å². The van der Waals surface area contributed by atoms with Crippen LogP contribution in [0.15, 0.2) is 0 Å². The summed E-state index contributed by atoms with van der Waals surface area (Å²) in [6.45, 7) is 7.43. The highest BCUT2D eigenvalue weighted by Gasteiger charge is 2.19. The van der Waals surface area contributed by atoms with Crippen molar-refractivity contribution in [2.45, 2.75) is 25.8 Å². The summed E-state index contributed by atoms with van der Waals surface area (Å²) in [5.41, 5.74) is 0. The molecule has 4 nitrogen and oxygen atoms in total. The molecular weight excluding hydrogens is 190 g/mol. The summed E-state index contributed by atoms with van der Waals surface area (Å²) in [5, 5.41) is 17.5. The van der Waals surface area contributed by atoms with Crippen LogP contribution in [-0.4, -0.2) is 60.3 Å². The first-order valence-electron chi connectivity index (χ1n) is 5.75. The van der Waals surface area contributed by atoms with Gasteiger partial charge in [0, 0.05) is 32.8 Å². The Hall–Kier alpha value is -0.630. The zero-order chi connectivity index (χ0) is 11.1. The Bertz CT molecular complexity index is 206. The van der Waals surface area contributed by atoms with Crippen LogP contribution in [0, 0.1) is 11.3 Å². The van der Waals surface area contributed by atoms with Crippen molar-refractivity contribution < 1.29 is 5.11 Å². The van der Waals surface area contributed by atoms with Gasteiger partial charge in [-0.05, 0) is 26.3 Å². The maximum Gasteiger partial charge on any atom is 0.0950 e. The molecule has 1 aliphatic heterocycles. The largest absolute Gasteiger partial charge is 0.396 e. The van der Waals surface area contributed by atoms with Crippen LogP contribution < -0.4 is 0 Å². The smallest absolute Gasteiger partial charge is 0.0950 e. The molecule has 1 saturated heterocycles. The Morgan fingerprint density at radius 1 is 1.27 bits per heavy atom. The first-order valence-corrected chi connectivity index (χ1v) is 5.75. The molecule has 0 aromatic carbocycles. The third-order valence-corrected chi connectivity index (χ3v) is 3.02. The second kappa shape index (κ2) is 6.78. The third kappa shape index (κ3) is 4.17. The molecule has 0 amide bonds. The number of piperazine rings is 1. The fourth-order valence-corrected chi connectivity index (χ4v) is 1.90. The molecule has 0 saturated carbocycles. The van der Waals surface area contributed by atoms with Gasteiger partial charge in [-0.3, -0.25) is 4.90 Å². The van der Waals surface area contributed by atoms with Crippen molar-refractivity contribution in [2.24, 2.45) is 0 Å². The van der Waals surface area contributed by atoms with Crippen molar-refractivity contribution in [3.8, 4) is 6.07 Å². The lowest BCUT2D eigenvalue weighted by Crippen LogP contribution is -2.49. The van der Waals surface area contributed by atoms with E-state index in [0.29, 0.717) is 6.61 Å². The highest BCUT2D eigenvalue weighted by molar-refractivity contribution is 4.90. The number of nitrogens with zero attached hydrogens (tertiary/aromatic N) is 3. The van der Waals surface area contributed by atoms with Crippen molar-refractivity contribution in [1.29, 1.82) is 5.26 Å². The summed E-state index contributed by atoms with van der Waals surface area (Å²) >= 11 is 0. The molecular formula is C11H21N3O. The molecule has 86 valence electrons. The Morgan fingerprint density at radius 2 is 1.93 bits per heavy atom. The molecule has 1 heterocycles. The third-order valence-electron chi connectivity index (χ3n) is 3.02. The summed E-state index contributed by atoms with van der Waals surface area (Å²) in [4.78, 5) is 4.64. The number of hydrogen-bond acceptors (Lipinski definition) is 4.